The first-order valence-electron chi connectivity index (χ1n) is 6.15. The van der Waals surface area contributed by atoms with Crippen LogP contribution in [0.4, 0.5) is 10.6 Å². The van der Waals surface area contributed by atoms with E-state index in [4.69, 9.17) is 4.74 Å². The molecule has 0 aliphatic carbocycles. The summed E-state index contributed by atoms with van der Waals surface area (Å²) < 4.78 is 6.14. The summed E-state index contributed by atoms with van der Waals surface area (Å²) in [5.41, 5.74) is 1.26. The quantitative estimate of drug-likeness (QED) is 0.863. The number of nitrogens with zero attached hydrogens (tertiary/aromatic N) is 1. The average molecular weight is 338 g/mol. The van der Waals surface area contributed by atoms with E-state index in [1.807, 2.05) is 45.0 Å². The van der Waals surface area contributed by atoms with Gasteiger partial charge in [0.1, 0.15) is 5.60 Å². The molecule has 0 atom stereocenters. The second-order valence-electron chi connectivity index (χ2n) is 5.30. The number of hydrogen-bond donors (Lipinski definition) is 2. The lowest BCUT2D eigenvalue weighted by Crippen LogP contribution is -2.27. The number of nitrogens with one attached hydrogen (secondary N) is 2. The summed E-state index contributed by atoms with van der Waals surface area (Å²) >= 11 is 3.42. The van der Waals surface area contributed by atoms with Crippen molar-refractivity contribution >= 4 is 27.8 Å². The van der Waals surface area contributed by atoms with Gasteiger partial charge in [0.2, 0.25) is 0 Å². The van der Waals surface area contributed by atoms with Crippen LogP contribution in [0.3, 0.4) is 0 Å². The first-order valence-corrected chi connectivity index (χ1v) is 6.94. The van der Waals surface area contributed by atoms with E-state index in [-0.39, 0.29) is 0 Å². The highest BCUT2D eigenvalue weighted by Crippen LogP contribution is 2.23. The first-order chi connectivity index (χ1) is 9.33. The van der Waals surface area contributed by atoms with Crippen LogP contribution in [-0.4, -0.2) is 21.9 Å². The average Bonchev–Trinajstić information content (AvgIpc) is 2.74. The Labute approximate surface area is 125 Å². The Kier molecular flexibility index (Phi) is 4.13. The number of hydrogen-bond acceptors (Lipinski definition) is 3. The van der Waals surface area contributed by atoms with Gasteiger partial charge in [-0.05, 0) is 32.9 Å². The fraction of sp³-hybridized carbons (Fsp3) is 0.286. The van der Waals surface area contributed by atoms with Gasteiger partial charge in [0, 0.05) is 16.1 Å². The summed E-state index contributed by atoms with van der Waals surface area (Å²) in [6.07, 6.45) is -0.523. The standard InChI is InChI=1S/C14H16BrN3O2/c1-14(2,3)20-13(19)16-12-8-11(17-18-12)9-5-4-6-10(15)7-9/h4-8H,1-3H3,(H2,16,17,18,19). The van der Waals surface area contributed by atoms with Gasteiger partial charge in [-0.15, -0.1) is 0 Å². The number of carbonyl (C=O) groups excluding carboxylic acids is 1. The van der Waals surface area contributed by atoms with Crippen molar-refractivity contribution in [3.05, 3.63) is 34.8 Å². The zero-order valence-electron chi connectivity index (χ0n) is 11.5. The van der Waals surface area contributed by atoms with Crippen molar-refractivity contribution in [3.63, 3.8) is 0 Å². The van der Waals surface area contributed by atoms with Gasteiger partial charge >= 0.3 is 6.09 Å². The van der Waals surface area contributed by atoms with Crippen LogP contribution >= 0.6 is 15.9 Å². The molecule has 6 heteroatoms. The summed E-state index contributed by atoms with van der Waals surface area (Å²) in [6.45, 7) is 5.43. The van der Waals surface area contributed by atoms with E-state index in [0.717, 1.165) is 15.7 Å². The number of carbonyl (C=O) groups is 1. The number of anilines is 1. The molecule has 1 aromatic heterocycles. The molecule has 5 nitrogen and oxygen atoms in total. The fourth-order valence-corrected chi connectivity index (χ4v) is 2.00. The highest BCUT2D eigenvalue weighted by Gasteiger charge is 2.17. The molecule has 2 N–H and O–H groups in total. The number of halogens is 1. The molecule has 1 aromatic carbocycles. The SMILES string of the molecule is CC(C)(C)OC(=O)Nc1cc(-c2cccc(Br)c2)[nH]n1. The third-order valence-corrected chi connectivity index (χ3v) is 2.84. The lowest BCUT2D eigenvalue weighted by Gasteiger charge is -2.18. The summed E-state index contributed by atoms with van der Waals surface area (Å²) in [5.74, 6) is 0.425. The van der Waals surface area contributed by atoms with E-state index < -0.39 is 11.7 Å². The highest BCUT2D eigenvalue weighted by atomic mass is 79.9. The molecule has 2 rings (SSSR count). The number of aromatic amines is 1. The van der Waals surface area contributed by atoms with Crippen molar-refractivity contribution in [1.29, 1.82) is 0 Å². The second kappa shape index (κ2) is 5.66. The van der Waals surface area contributed by atoms with Gasteiger partial charge in [-0.25, -0.2) is 4.79 Å². The lowest BCUT2D eigenvalue weighted by molar-refractivity contribution is 0.0635. The van der Waals surface area contributed by atoms with Crippen molar-refractivity contribution < 1.29 is 9.53 Å². The molecule has 106 valence electrons. The van der Waals surface area contributed by atoms with Crippen LogP contribution < -0.4 is 5.32 Å². The molecular weight excluding hydrogens is 322 g/mol. The van der Waals surface area contributed by atoms with Gasteiger partial charge in [0.15, 0.2) is 5.82 Å². The first kappa shape index (κ1) is 14.6. The van der Waals surface area contributed by atoms with Gasteiger partial charge in [-0.2, -0.15) is 5.10 Å². The Hall–Kier alpha value is -1.82. The molecule has 0 radical (unpaired) electrons. The normalized spacial score (nSPS) is 11.2. The van der Waals surface area contributed by atoms with Gasteiger partial charge in [-0.1, -0.05) is 28.1 Å². The molecule has 0 fully saturated rings. The van der Waals surface area contributed by atoms with Crippen molar-refractivity contribution in [2.75, 3.05) is 5.32 Å². The molecule has 0 spiro atoms. The molecule has 20 heavy (non-hydrogen) atoms. The minimum absolute atomic E-state index is 0.425. The number of benzene rings is 1. The molecule has 1 heterocycles. The van der Waals surface area contributed by atoms with Crippen LogP contribution in [0.15, 0.2) is 34.8 Å². The molecular formula is C14H16BrN3O2. The smallest absolute Gasteiger partial charge is 0.413 e. The number of amides is 1. The summed E-state index contributed by atoms with van der Waals surface area (Å²) in [7, 11) is 0. The minimum Gasteiger partial charge on any atom is -0.444 e. The molecule has 1 amide bonds. The second-order valence-corrected chi connectivity index (χ2v) is 6.22. The fourth-order valence-electron chi connectivity index (χ4n) is 1.60. The third-order valence-electron chi connectivity index (χ3n) is 2.34. The van der Waals surface area contributed by atoms with E-state index >= 15 is 0 Å². The number of aromatic nitrogens is 2. The number of ether oxygens (including phenoxy) is 1. The van der Waals surface area contributed by atoms with E-state index in [0.29, 0.717) is 5.82 Å². The lowest BCUT2D eigenvalue weighted by atomic mass is 10.1. The number of rotatable bonds is 2. The van der Waals surface area contributed by atoms with E-state index in [2.05, 4.69) is 31.4 Å². The van der Waals surface area contributed by atoms with Crippen LogP contribution in [0.5, 0.6) is 0 Å². The predicted octanol–water partition coefficient (Wildman–Crippen LogP) is 4.19. The summed E-state index contributed by atoms with van der Waals surface area (Å²) in [5, 5.41) is 9.50. The molecule has 0 bridgehead atoms. The number of H-pyrrole nitrogens is 1. The highest BCUT2D eigenvalue weighted by molar-refractivity contribution is 9.10. The van der Waals surface area contributed by atoms with Crippen molar-refractivity contribution in [2.24, 2.45) is 0 Å². The summed E-state index contributed by atoms with van der Waals surface area (Å²) in [6, 6.07) is 9.55. The van der Waals surface area contributed by atoms with Gasteiger partial charge in [0.25, 0.3) is 0 Å². The Morgan fingerprint density at radius 1 is 1.35 bits per heavy atom. The van der Waals surface area contributed by atoms with Crippen LogP contribution in [0.1, 0.15) is 20.8 Å². The summed E-state index contributed by atoms with van der Waals surface area (Å²) in [4.78, 5) is 11.6. The zero-order chi connectivity index (χ0) is 14.8. The third kappa shape index (κ3) is 4.09. The molecule has 0 unspecified atom stereocenters. The van der Waals surface area contributed by atoms with Crippen molar-refractivity contribution in [2.45, 2.75) is 26.4 Å². The predicted molar refractivity (Wildman–Crippen MR) is 81.6 cm³/mol. The maximum absolute atomic E-state index is 11.6. The Morgan fingerprint density at radius 2 is 2.10 bits per heavy atom. The van der Waals surface area contributed by atoms with Gasteiger partial charge in [0.05, 0.1) is 5.69 Å². The molecule has 0 saturated heterocycles. The van der Waals surface area contributed by atoms with Crippen LogP contribution in [0, 0.1) is 0 Å². The zero-order valence-corrected chi connectivity index (χ0v) is 13.1. The largest absolute Gasteiger partial charge is 0.444 e. The minimum atomic E-state index is -0.534. The molecule has 0 aliphatic rings. The van der Waals surface area contributed by atoms with Gasteiger partial charge in [-0.3, -0.25) is 10.4 Å². The van der Waals surface area contributed by atoms with Crippen molar-refractivity contribution in [1.82, 2.24) is 10.2 Å². The monoisotopic (exact) mass is 337 g/mol. The van der Waals surface area contributed by atoms with E-state index in [9.17, 15) is 4.79 Å². The Bertz CT molecular complexity index is 617. The molecule has 2 aromatic rings. The topological polar surface area (TPSA) is 67.0 Å². The Balaban J connectivity index is 2.08. The maximum atomic E-state index is 11.6. The van der Waals surface area contributed by atoms with Crippen LogP contribution in [0.25, 0.3) is 11.3 Å². The van der Waals surface area contributed by atoms with E-state index in [1.54, 1.807) is 6.07 Å². The molecule has 0 aliphatic heterocycles. The van der Waals surface area contributed by atoms with Crippen LogP contribution in [0.2, 0.25) is 0 Å². The van der Waals surface area contributed by atoms with Crippen LogP contribution in [-0.2, 0) is 4.74 Å². The molecule has 0 saturated carbocycles. The van der Waals surface area contributed by atoms with Crippen molar-refractivity contribution in [3.8, 4) is 11.3 Å². The maximum Gasteiger partial charge on any atom is 0.413 e. The van der Waals surface area contributed by atoms with E-state index in [1.165, 1.54) is 0 Å². The van der Waals surface area contributed by atoms with Gasteiger partial charge < -0.3 is 4.74 Å². The Morgan fingerprint density at radius 3 is 2.75 bits per heavy atom.